The topological polar surface area (TPSA) is 49.7 Å². The van der Waals surface area contributed by atoms with Crippen LogP contribution in [0.1, 0.15) is 11.1 Å². The first kappa shape index (κ1) is 14.0. The molecule has 20 heavy (non-hydrogen) atoms. The summed E-state index contributed by atoms with van der Waals surface area (Å²) in [6.45, 7) is -0.0747. The van der Waals surface area contributed by atoms with Gasteiger partial charge in [-0.2, -0.15) is 13.2 Å². The molecule has 0 bridgehead atoms. The number of benzene rings is 2. The number of phenols is 2. The van der Waals surface area contributed by atoms with Crippen LogP contribution in [-0.2, 0) is 12.8 Å². The summed E-state index contributed by atoms with van der Waals surface area (Å²) in [7, 11) is 0. The molecule has 0 saturated carbocycles. The molecule has 0 radical (unpaired) electrons. The van der Waals surface area contributed by atoms with Crippen LogP contribution in [0, 0.1) is 0 Å². The molecule has 2 aromatic carbocycles. The van der Waals surface area contributed by atoms with Gasteiger partial charge < -0.3 is 14.9 Å². The quantitative estimate of drug-likeness (QED) is 0.903. The van der Waals surface area contributed by atoms with Crippen LogP contribution in [-0.4, -0.2) is 10.2 Å². The summed E-state index contributed by atoms with van der Waals surface area (Å²) in [6.07, 6.45) is -4.49. The van der Waals surface area contributed by atoms with Gasteiger partial charge in [-0.3, -0.25) is 0 Å². The fraction of sp³-hybridized carbons (Fsp3) is 0.143. The van der Waals surface area contributed by atoms with Crippen molar-refractivity contribution < 1.29 is 28.1 Å². The first-order chi connectivity index (χ1) is 9.36. The van der Waals surface area contributed by atoms with Gasteiger partial charge in [-0.25, -0.2) is 0 Å². The van der Waals surface area contributed by atoms with E-state index in [-0.39, 0.29) is 17.9 Å². The maximum absolute atomic E-state index is 12.4. The maximum Gasteiger partial charge on any atom is 0.416 e. The van der Waals surface area contributed by atoms with Crippen molar-refractivity contribution in [3.63, 3.8) is 0 Å². The van der Waals surface area contributed by atoms with E-state index in [0.717, 1.165) is 6.07 Å². The lowest BCUT2D eigenvalue weighted by atomic mass is 10.1. The fourth-order valence-corrected chi connectivity index (χ4v) is 1.57. The van der Waals surface area contributed by atoms with Crippen molar-refractivity contribution in [2.45, 2.75) is 12.8 Å². The van der Waals surface area contributed by atoms with Gasteiger partial charge in [0.2, 0.25) is 0 Å². The van der Waals surface area contributed by atoms with Gasteiger partial charge in [0.05, 0.1) is 5.56 Å². The number of hydrogen-bond acceptors (Lipinski definition) is 3. The van der Waals surface area contributed by atoms with Gasteiger partial charge in [-0.1, -0.05) is 6.07 Å². The van der Waals surface area contributed by atoms with Crippen LogP contribution in [0.5, 0.6) is 17.2 Å². The smallest absolute Gasteiger partial charge is 0.416 e. The number of rotatable bonds is 3. The summed E-state index contributed by atoms with van der Waals surface area (Å²) in [6, 6.07) is 8.57. The Balaban J connectivity index is 2.08. The Hall–Kier alpha value is -2.37. The minimum Gasteiger partial charge on any atom is -0.508 e. The highest BCUT2D eigenvalue weighted by Crippen LogP contribution is 2.33. The summed E-state index contributed by atoms with van der Waals surface area (Å²) >= 11 is 0. The van der Waals surface area contributed by atoms with Crippen LogP contribution >= 0.6 is 0 Å². The standard InChI is InChI=1S/C14H11F3O3/c15-14(16,17)10-2-1-9(13(19)7-10)8-20-12-5-3-11(18)4-6-12/h1-7,18-19H,8H2. The Morgan fingerprint density at radius 3 is 2.15 bits per heavy atom. The molecule has 0 heterocycles. The second-order valence-electron chi connectivity index (χ2n) is 4.12. The van der Waals surface area contributed by atoms with Gasteiger partial charge in [0.25, 0.3) is 0 Å². The highest BCUT2D eigenvalue weighted by Gasteiger charge is 2.31. The third kappa shape index (κ3) is 3.34. The molecular formula is C14H11F3O3. The molecule has 0 aliphatic rings. The zero-order valence-corrected chi connectivity index (χ0v) is 10.2. The Bertz CT molecular complexity index is 592. The predicted molar refractivity (Wildman–Crippen MR) is 65.5 cm³/mol. The van der Waals surface area contributed by atoms with Crippen LogP contribution < -0.4 is 4.74 Å². The minimum atomic E-state index is -4.49. The van der Waals surface area contributed by atoms with E-state index in [1.165, 1.54) is 30.3 Å². The SMILES string of the molecule is Oc1ccc(OCc2ccc(C(F)(F)F)cc2O)cc1. The first-order valence-corrected chi connectivity index (χ1v) is 5.67. The van der Waals surface area contributed by atoms with Gasteiger partial charge in [0.15, 0.2) is 0 Å². The van der Waals surface area contributed by atoms with E-state index in [9.17, 15) is 18.3 Å². The van der Waals surface area contributed by atoms with E-state index in [2.05, 4.69) is 0 Å². The van der Waals surface area contributed by atoms with Gasteiger partial charge in [-0.05, 0) is 36.4 Å². The molecule has 0 aromatic heterocycles. The molecule has 2 aromatic rings. The number of alkyl halides is 3. The largest absolute Gasteiger partial charge is 0.508 e. The van der Waals surface area contributed by atoms with Gasteiger partial charge in [0, 0.05) is 5.56 Å². The third-order valence-electron chi connectivity index (χ3n) is 2.64. The highest BCUT2D eigenvalue weighted by atomic mass is 19.4. The summed E-state index contributed by atoms with van der Waals surface area (Å²) in [5, 5.41) is 18.6. The zero-order valence-electron chi connectivity index (χ0n) is 10.2. The van der Waals surface area contributed by atoms with Gasteiger partial charge >= 0.3 is 6.18 Å². The molecule has 3 nitrogen and oxygen atoms in total. The number of aromatic hydroxyl groups is 2. The monoisotopic (exact) mass is 284 g/mol. The van der Waals surface area contributed by atoms with E-state index >= 15 is 0 Å². The average molecular weight is 284 g/mol. The highest BCUT2D eigenvalue weighted by molar-refractivity contribution is 5.38. The second-order valence-corrected chi connectivity index (χ2v) is 4.12. The molecule has 0 unspecified atom stereocenters. The van der Waals surface area contributed by atoms with Crippen molar-refractivity contribution in [3.05, 3.63) is 53.6 Å². The van der Waals surface area contributed by atoms with Crippen molar-refractivity contribution >= 4 is 0 Å². The lowest BCUT2D eigenvalue weighted by molar-refractivity contribution is -0.137. The molecule has 6 heteroatoms. The number of hydrogen-bond donors (Lipinski definition) is 2. The maximum atomic E-state index is 12.4. The van der Waals surface area contributed by atoms with Crippen LogP contribution in [0.4, 0.5) is 13.2 Å². The Kier molecular flexibility index (Phi) is 3.74. The molecule has 2 rings (SSSR count). The molecule has 0 fully saturated rings. The van der Waals surface area contributed by atoms with E-state index in [4.69, 9.17) is 9.84 Å². The van der Waals surface area contributed by atoms with Crippen LogP contribution in [0.2, 0.25) is 0 Å². The summed E-state index contributed by atoms with van der Waals surface area (Å²) < 4.78 is 42.6. The zero-order chi connectivity index (χ0) is 14.8. The van der Waals surface area contributed by atoms with E-state index in [1.807, 2.05) is 0 Å². The van der Waals surface area contributed by atoms with E-state index < -0.39 is 17.5 Å². The molecule has 2 N–H and O–H groups in total. The van der Waals surface area contributed by atoms with Gasteiger partial charge in [-0.15, -0.1) is 0 Å². The summed E-state index contributed by atoms with van der Waals surface area (Å²) in [4.78, 5) is 0. The predicted octanol–water partition coefficient (Wildman–Crippen LogP) is 3.70. The molecule has 0 aliphatic carbocycles. The second kappa shape index (κ2) is 5.32. The lowest BCUT2D eigenvalue weighted by Crippen LogP contribution is -2.05. The Morgan fingerprint density at radius 1 is 0.950 bits per heavy atom. The lowest BCUT2D eigenvalue weighted by Gasteiger charge is -2.11. The van der Waals surface area contributed by atoms with Crippen LogP contribution in [0.15, 0.2) is 42.5 Å². The van der Waals surface area contributed by atoms with Crippen molar-refractivity contribution in [2.75, 3.05) is 0 Å². The molecule has 0 atom stereocenters. The van der Waals surface area contributed by atoms with Crippen molar-refractivity contribution in [1.82, 2.24) is 0 Å². The minimum absolute atomic E-state index is 0.0747. The molecular weight excluding hydrogens is 273 g/mol. The molecule has 106 valence electrons. The Morgan fingerprint density at radius 2 is 1.60 bits per heavy atom. The summed E-state index contributed by atoms with van der Waals surface area (Å²) in [5.41, 5.74) is -0.672. The van der Waals surface area contributed by atoms with Crippen molar-refractivity contribution in [3.8, 4) is 17.2 Å². The average Bonchev–Trinajstić information content (AvgIpc) is 2.38. The molecule has 0 spiro atoms. The van der Waals surface area contributed by atoms with Crippen LogP contribution in [0.25, 0.3) is 0 Å². The van der Waals surface area contributed by atoms with E-state index in [1.54, 1.807) is 0 Å². The number of phenolic OH excluding ortho intramolecular Hbond substituents is 2. The number of ether oxygens (including phenoxy) is 1. The fourth-order valence-electron chi connectivity index (χ4n) is 1.57. The summed E-state index contributed by atoms with van der Waals surface area (Å²) in [5.74, 6) is 0.0374. The van der Waals surface area contributed by atoms with E-state index in [0.29, 0.717) is 11.8 Å². The third-order valence-corrected chi connectivity index (χ3v) is 2.64. The number of halogens is 3. The molecule has 0 aliphatic heterocycles. The first-order valence-electron chi connectivity index (χ1n) is 5.67. The van der Waals surface area contributed by atoms with Crippen molar-refractivity contribution in [1.29, 1.82) is 0 Å². The normalized spacial score (nSPS) is 11.3. The van der Waals surface area contributed by atoms with Crippen LogP contribution in [0.3, 0.4) is 0 Å². The Labute approximate surface area is 112 Å². The van der Waals surface area contributed by atoms with Gasteiger partial charge in [0.1, 0.15) is 23.9 Å². The molecule has 0 amide bonds. The molecule has 0 saturated heterocycles. The van der Waals surface area contributed by atoms with Crippen molar-refractivity contribution in [2.24, 2.45) is 0 Å².